The molecule has 1 aromatic rings. The molecule has 2 rings (SSSR count). The fourth-order valence-corrected chi connectivity index (χ4v) is 2.48. The van der Waals surface area contributed by atoms with Crippen molar-refractivity contribution in [3.63, 3.8) is 0 Å². The van der Waals surface area contributed by atoms with Crippen LogP contribution in [0, 0.1) is 0 Å². The molecule has 0 spiro atoms. The van der Waals surface area contributed by atoms with Crippen LogP contribution >= 0.6 is 11.6 Å². The van der Waals surface area contributed by atoms with Gasteiger partial charge in [-0.3, -0.25) is 9.69 Å². The minimum atomic E-state index is 0.0953. The Morgan fingerprint density at radius 3 is 2.83 bits per heavy atom. The van der Waals surface area contributed by atoms with E-state index in [1.165, 1.54) is 0 Å². The first-order valence-corrected chi connectivity index (χ1v) is 6.41. The number of piperazine rings is 1. The third-order valence-corrected chi connectivity index (χ3v) is 3.60. The molecule has 1 fully saturated rings. The van der Waals surface area contributed by atoms with Gasteiger partial charge in [0.05, 0.1) is 17.3 Å². The van der Waals surface area contributed by atoms with Crippen LogP contribution in [0.3, 0.4) is 0 Å². The molecule has 18 heavy (non-hydrogen) atoms. The molecule has 5 heteroatoms. The van der Waals surface area contributed by atoms with Gasteiger partial charge >= 0.3 is 0 Å². The summed E-state index contributed by atoms with van der Waals surface area (Å²) in [5, 5.41) is 3.78. The van der Waals surface area contributed by atoms with Gasteiger partial charge in [0.15, 0.2) is 0 Å². The predicted octanol–water partition coefficient (Wildman–Crippen LogP) is 1.21. The summed E-state index contributed by atoms with van der Waals surface area (Å²) < 4.78 is 0. The Morgan fingerprint density at radius 2 is 2.17 bits per heavy atom. The average molecular weight is 268 g/mol. The molecular weight excluding hydrogens is 250 g/mol. The van der Waals surface area contributed by atoms with E-state index < -0.39 is 0 Å². The van der Waals surface area contributed by atoms with Crippen molar-refractivity contribution in [3.05, 3.63) is 29.3 Å². The summed E-state index contributed by atoms with van der Waals surface area (Å²) in [5.41, 5.74) is 0.804. The van der Waals surface area contributed by atoms with Gasteiger partial charge in [-0.1, -0.05) is 23.7 Å². The smallest absolute Gasteiger partial charge is 0.241 e. The standard InChI is InChI=1S/C13H18ClN3O/c1-15-7-10-8-17(13(18)9-16(10)2)12-6-4-3-5-11(12)14/h3-6,10,15H,7-9H2,1-2H3. The summed E-state index contributed by atoms with van der Waals surface area (Å²) in [6, 6.07) is 7.79. The second-order valence-electron chi connectivity index (χ2n) is 4.58. The zero-order valence-electron chi connectivity index (χ0n) is 10.7. The molecule has 1 unspecified atom stereocenters. The summed E-state index contributed by atoms with van der Waals surface area (Å²) in [6.07, 6.45) is 0. The van der Waals surface area contributed by atoms with E-state index in [1.807, 2.05) is 38.4 Å². The average Bonchev–Trinajstić information content (AvgIpc) is 2.34. The van der Waals surface area contributed by atoms with Crippen molar-refractivity contribution >= 4 is 23.2 Å². The molecule has 1 saturated heterocycles. The van der Waals surface area contributed by atoms with Gasteiger partial charge in [0, 0.05) is 19.1 Å². The highest BCUT2D eigenvalue weighted by atomic mass is 35.5. The zero-order valence-corrected chi connectivity index (χ0v) is 11.4. The number of carbonyl (C=O) groups excluding carboxylic acids is 1. The summed E-state index contributed by atoms with van der Waals surface area (Å²) >= 11 is 6.16. The minimum Gasteiger partial charge on any atom is -0.318 e. The van der Waals surface area contributed by atoms with E-state index in [0.29, 0.717) is 24.2 Å². The lowest BCUT2D eigenvalue weighted by Gasteiger charge is -2.39. The fraction of sp³-hybridized carbons (Fsp3) is 0.462. The van der Waals surface area contributed by atoms with E-state index >= 15 is 0 Å². The number of hydrogen-bond acceptors (Lipinski definition) is 3. The second-order valence-corrected chi connectivity index (χ2v) is 4.99. The maximum atomic E-state index is 12.1. The molecule has 1 atom stereocenters. The third-order valence-electron chi connectivity index (χ3n) is 3.29. The molecule has 0 radical (unpaired) electrons. The molecule has 1 amide bonds. The van der Waals surface area contributed by atoms with Crippen LogP contribution < -0.4 is 10.2 Å². The van der Waals surface area contributed by atoms with Gasteiger partial charge in [-0.25, -0.2) is 0 Å². The molecule has 1 heterocycles. The quantitative estimate of drug-likeness (QED) is 0.894. The van der Waals surface area contributed by atoms with E-state index in [1.54, 1.807) is 4.90 Å². The van der Waals surface area contributed by atoms with Crippen LogP contribution in [0.1, 0.15) is 0 Å². The van der Waals surface area contributed by atoms with Crippen LogP contribution in [0.4, 0.5) is 5.69 Å². The molecule has 4 nitrogen and oxygen atoms in total. The van der Waals surface area contributed by atoms with Crippen molar-refractivity contribution in [2.45, 2.75) is 6.04 Å². The molecule has 1 aromatic carbocycles. The Bertz CT molecular complexity index is 438. The Labute approximate surface area is 113 Å². The number of hydrogen-bond donors (Lipinski definition) is 1. The summed E-state index contributed by atoms with van der Waals surface area (Å²) in [7, 11) is 3.90. The Balaban J connectivity index is 2.22. The molecule has 0 aliphatic carbocycles. The van der Waals surface area contributed by atoms with Crippen molar-refractivity contribution in [2.24, 2.45) is 0 Å². The number of anilines is 1. The topological polar surface area (TPSA) is 35.6 Å². The monoisotopic (exact) mass is 267 g/mol. The normalized spacial score (nSPS) is 21.4. The number of amides is 1. The van der Waals surface area contributed by atoms with E-state index in [9.17, 15) is 4.79 Å². The maximum Gasteiger partial charge on any atom is 0.241 e. The first-order valence-electron chi connectivity index (χ1n) is 6.03. The van der Waals surface area contributed by atoms with Crippen molar-refractivity contribution in [1.29, 1.82) is 0 Å². The molecule has 1 aliphatic heterocycles. The second kappa shape index (κ2) is 5.69. The minimum absolute atomic E-state index is 0.0953. The zero-order chi connectivity index (χ0) is 13.1. The van der Waals surface area contributed by atoms with Gasteiger partial charge in [-0.2, -0.15) is 0 Å². The lowest BCUT2D eigenvalue weighted by atomic mass is 10.1. The van der Waals surface area contributed by atoms with E-state index in [-0.39, 0.29) is 5.91 Å². The van der Waals surface area contributed by atoms with Gasteiger partial charge < -0.3 is 10.2 Å². The molecule has 1 N–H and O–H groups in total. The van der Waals surface area contributed by atoms with E-state index in [2.05, 4.69) is 10.2 Å². The maximum absolute atomic E-state index is 12.1. The van der Waals surface area contributed by atoms with Gasteiger partial charge in [0.2, 0.25) is 5.91 Å². The Hall–Kier alpha value is -1.10. The number of nitrogens with one attached hydrogen (secondary N) is 1. The van der Waals surface area contributed by atoms with Gasteiger partial charge in [-0.05, 0) is 26.2 Å². The van der Waals surface area contributed by atoms with Crippen molar-refractivity contribution < 1.29 is 4.79 Å². The Kier molecular flexibility index (Phi) is 4.22. The first kappa shape index (κ1) is 13.3. The van der Waals surface area contributed by atoms with Crippen LogP contribution in [-0.4, -0.2) is 50.6 Å². The van der Waals surface area contributed by atoms with Crippen molar-refractivity contribution in [2.75, 3.05) is 38.6 Å². The number of carbonyl (C=O) groups is 1. The summed E-state index contributed by atoms with van der Waals surface area (Å²) in [5.74, 6) is 0.0953. The molecule has 98 valence electrons. The van der Waals surface area contributed by atoms with Crippen LogP contribution in [0.2, 0.25) is 5.02 Å². The van der Waals surface area contributed by atoms with Crippen LogP contribution in [0.5, 0.6) is 0 Å². The fourth-order valence-electron chi connectivity index (χ4n) is 2.24. The number of benzene rings is 1. The lowest BCUT2D eigenvalue weighted by molar-refractivity contribution is -0.121. The predicted molar refractivity (Wildman–Crippen MR) is 74.1 cm³/mol. The van der Waals surface area contributed by atoms with Gasteiger partial charge in [0.1, 0.15) is 0 Å². The SMILES string of the molecule is CNCC1CN(c2ccccc2Cl)C(=O)CN1C. The molecular formula is C13H18ClN3O. The summed E-state index contributed by atoms with van der Waals surface area (Å²) in [6.45, 7) is 1.95. The Morgan fingerprint density at radius 1 is 1.44 bits per heavy atom. The highest BCUT2D eigenvalue weighted by Crippen LogP contribution is 2.27. The molecule has 0 saturated carbocycles. The lowest BCUT2D eigenvalue weighted by Crippen LogP contribution is -2.57. The highest BCUT2D eigenvalue weighted by molar-refractivity contribution is 6.33. The molecule has 0 bridgehead atoms. The third kappa shape index (κ3) is 2.66. The van der Waals surface area contributed by atoms with E-state index in [0.717, 1.165) is 12.2 Å². The number of nitrogens with zero attached hydrogens (tertiary/aromatic N) is 2. The molecule has 0 aromatic heterocycles. The highest BCUT2D eigenvalue weighted by Gasteiger charge is 2.30. The number of likely N-dealkylation sites (N-methyl/N-ethyl adjacent to an activating group) is 2. The van der Waals surface area contributed by atoms with E-state index in [4.69, 9.17) is 11.6 Å². The molecule has 1 aliphatic rings. The van der Waals surface area contributed by atoms with Crippen LogP contribution in [-0.2, 0) is 4.79 Å². The number of para-hydroxylation sites is 1. The van der Waals surface area contributed by atoms with Gasteiger partial charge in [-0.15, -0.1) is 0 Å². The van der Waals surface area contributed by atoms with Crippen molar-refractivity contribution in [1.82, 2.24) is 10.2 Å². The summed E-state index contributed by atoms with van der Waals surface area (Å²) in [4.78, 5) is 16.0. The van der Waals surface area contributed by atoms with Gasteiger partial charge in [0.25, 0.3) is 0 Å². The number of halogens is 1. The largest absolute Gasteiger partial charge is 0.318 e. The van der Waals surface area contributed by atoms with Crippen LogP contribution in [0.25, 0.3) is 0 Å². The first-order chi connectivity index (χ1) is 8.63. The number of rotatable bonds is 3. The van der Waals surface area contributed by atoms with Crippen LogP contribution in [0.15, 0.2) is 24.3 Å². The van der Waals surface area contributed by atoms with Crippen molar-refractivity contribution in [3.8, 4) is 0 Å².